The van der Waals surface area contributed by atoms with Crippen LogP contribution in [0.15, 0.2) is 47.2 Å². The van der Waals surface area contributed by atoms with Gasteiger partial charge in [-0.3, -0.25) is 4.98 Å². The van der Waals surface area contributed by atoms with E-state index in [4.69, 9.17) is 0 Å². The Morgan fingerprint density at radius 2 is 1.91 bits per heavy atom. The summed E-state index contributed by atoms with van der Waals surface area (Å²) >= 11 is 4.73. The van der Waals surface area contributed by atoms with Crippen LogP contribution in [0.4, 0.5) is 4.39 Å². The van der Waals surface area contributed by atoms with Crippen LogP contribution in [0.2, 0.25) is 0 Å². The molecule has 0 aliphatic heterocycles. The third kappa shape index (κ3) is 2.20. The van der Waals surface area contributed by atoms with Crippen LogP contribution in [0.5, 0.6) is 0 Å². The molecule has 0 saturated heterocycles. The lowest BCUT2D eigenvalue weighted by atomic mass is 10.2. The van der Waals surface area contributed by atoms with Gasteiger partial charge in [-0.2, -0.15) is 9.61 Å². The predicted octanol–water partition coefficient (Wildman–Crippen LogP) is 3.82. The highest BCUT2D eigenvalue weighted by molar-refractivity contribution is 9.10. The second-order valence-corrected chi connectivity index (χ2v) is 6.36. The molecule has 0 amide bonds. The van der Waals surface area contributed by atoms with Crippen molar-refractivity contribution in [1.29, 1.82) is 0 Å². The van der Waals surface area contributed by atoms with E-state index >= 15 is 0 Å². The molecule has 3 aromatic heterocycles. The normalized spacial score (nSPS) is 11.2. The van der Waals surface area contributed by atoms with Crippen molar-refractivity contribution in [2.24, 2.45) is 0 Å². The molecule has 0 atom stereocenters. The Balaban J connectivity index is 1.90. The number of aromatic nitrogens is 5. The molecular formula is C14H7BrFN5S. The average molecular weight is 376 g/mol. The summed E-state index contributed by atoms with van der Waals surface area (Å²) in [6, 6.07) is 8.42. The summed E-state index contributed by atoms with van der Waals surface area (Å²) in [5.41, 5.74) is 1.29. The smallest absolute Gasteiger partial charge is 0.235 e. The maximum Gasteiger partial charge on any atom is 0.235 e. The van der Waals surface area contributed by atoms with Crippen LogP contribution in [-0.2, 0) is 0 Å². The minimum absolute atomic E-state index is 0.355. The Morgan fingerprint density at radius 3 is 2.73 bits per heavy atom. The van der Waals surface area contributed by atoms with Crippen molar-refractivity contribution in [3.63, 3.8) is 0 Å². The lowest BCUT2D eigenvalue weighted by molar-refractivity contribution is 0.629. The van der Waals surface area contributed by atoms with E-state index in [1.165, 1.54) is 17.4 Å². The Labute approximate surface area is 136 Å². The molecule has 3 heterocycles. The zero-order valence-electron chi connectivity index (χ0n) is 10.9. The number of fused-ring (bicyclic) bond motifs is 1. The van der Waals surface area contributed by atoms with Crippen molar-refractivity contribution >= 4 is 32.2 Å². The Bertz CT molecular complexity index is 966. The molecule has 4 aromatic rings. The van der Waals surface area contributed by atoms with Gasteiger partial charge < -0.3 is 0 Å². The molecule has 8 heteroatoms. The van der Waals surface area contributed by atoms with E-state index in [1.807, 2.05) is 12.1 Å². The highest BCUT2D eigenvalue weighted by atomic mass is 79.9. The van der Waals surface area contributed by atoms with E-state index < -0.39 is 0 Å². The van der Waals surface area contributed by atoms with Gasteiger partial charge in [0.15, 0.2) is 5.82 Å². The summed E-state index contributed by atoms with van der Waals surface area (Å²) in [6.07, 6.45) is 3.40. The molecule has 5 nitrogen and oxygen atoms in total. The van der Waals surface area contributed by atoms with Crippen molar-refractivity contribution in [3.8, 4) is 22.0 Å². The lowest BCUT2D eigenvalue weighted by Gasteiger charge is -2.00. The van der Waals surface area contributed by atoms with Gasteiger partial charge in [0.25, 0.3) is 0 Å². The van der Waals surface area contributed by atoms with Gasteiger partial charge in [0.1, 0.15) is 10.8 Å². The quantitative estimate of drug-likeness (QED) is 0.534. The standard InChI is InChI=1S/C14H7BrFN5S/c15-9-1-2-11(16)10(7-9)12-18-19-14-21(12)20-13(22-14)8-3-5-17-6-4-8/h1-7H. The number of rotatable bonds is 2. The molecule has 0 aliphatic carbocycles. The molecule has 0 bridgehead atoms. The average Bonchev–Trinajstić information content (AvgIpc) is 3.11. The number of nitrogens with zero attached hydrogens (tertiary/aromatic N) is 5. The predicted molar refractivity (Wildman–Crippen MR) is 85.0 cm³/mol. The second kappa shape index (κ2) is 5.22. The molecule has 0 unspecified atom stereocenters. The molecular weight excluding hydrogens is 369 g/mol. The molecule has 0 spiro atoms. The van der Waals surface area contributed by atoms with Crippen LogP contribution in [-0.4, -0.2) is 24.8 Å². The van der Waals surface area contributed by atoms with Gasteiger partial charge in [0.2, 0.25) is 4.96 Å². The molecule has 0 fully saturated rings. The number of hydrogen-bond donors (Lipinski definition) is 0. The minimum atomic E-state index is -0.365. The Kier molecular flexibility index (Phi) is 3.20. The van der Waals surface area contributed by atoms with Crippen molar-refractivity contribution in [1.82, 2.24) is 24.8 Å². The Hall–Kier alpha value is -2.19. The second-order valence-electron chi connectivity index (χ2n) is 4.49. The van der Waals surface area contributed by atoms with Crippen LogP contribution >= 0.6 is 27.3 Å². The van der Waals surface area contributed by atoms with E-state index in [0.717, 1.165) is 15.0 Å². The van der Waals surface area contributed by atoms with Crippen molar-refractivity contribution in [2.75, 3.05) is 0 Å². The topological polar surface area (TPSA) is 56.0 Å². The molecule has 0 saturated carbocycles. The number of hydrogen-bond acceptors (Lipinski definition) is 5. The third-order valence-corrected chi connectivity index (χ3v) is 4.53. The van der Waals surface area contributed by atoms with Gasteiger partial charge in [0.05, 0.1) is 5.56 Å². The molecule has 22 heavy (non-hydrogen) atoms. The van der Waals surface area contributed by atoms with Gasteiger partial charge in [-0.25, -0.2) is 4.39 Å². The fourth-order valence-corrected chi connectivity index (χ4v) is 3.27. The molecule has 4 rings (SSSR count). The number of pyridine rings is 1. The van der Waals surface area contributed by atoms with Gasteiger partial charge >= 0.3 is 0 Å². The first-order valence-corrected chi connectivity index (χ1v) is 7.91. The SMILES string of the molecule is Fc1ccc(Br)cc1-c1nnc2sc(-c3ccncc3)nn12. The number of benzene rings is 1. The molecule has 0 N–H and O–H groups in total. The van der Waals surface area contributed by atoms with E-state index in [2.05, 4.69) is 36.2 Å². The molecule has 108 valence electrons. The molecule has 0 aliphatic rings. The maximum atomic E-state index is 14.1. The third-order valence-electron chi connectivity index (χ3n) is 3.09. The number of halogens is 2. The van der Waals surface area contributed by atoms with E-state index in [-0.39, 0.29) is 5.82 Å². The summed E-state index contributed by atoms with van der Waals surface area (Å²) in [4.78, 5) is 4.60. The first-order chi connectivity index (χ1) is 10.7. The van der Waals surface area contributed by atoms with Crippen molar-refractivity contribution < 1.29 is 4.39 Å². The van der Waals surface area contributed by atoms with E-state index in [9.17, 15) is 4.39 Å². The Morgan fingerprint density at radius 1 is 1.09 bits per heavy atom. The molecule has 0 radical (unpaired) electrons. The minimum Gasteiger partial charge on any atom is -0.265 e. The fourth-order valence-electron chi connectivity index (χ4n) is 2.06. The van der Waals surface area contributed by atoms with Gasteiger partial charge in [-0.05, 0) is 30.3 Å². The van der Waals surface area contributed by atoms with Crippen molar-refractivity contribution in [2.45, 2.75) is 0 Å². The molecule has 1 aromatic carbocycles. The highest BCUT2D eigenvalue weighted by Crippen LogP contribution is 2.29. The van der Waals surface area contributed by atoms with Gasteiger partial charge in [-0.15, -0.1) is 10.2 Å². The fraction of sp³-hybridized carbons (Fsp3) is 0. The van der Waals surface area contributed by atoms with Crippen LogP contribution in [0.25, 0.3) is 26.9 Å². The van der Waals surface area contributed by atoms with E-state index in [1.54, 1.807) is 29.0 Å². The monoisotopic (exact) mass is 375 g/mol. The van der Waals surface area contributed by atoms with Crippen LogP contribution in [0.3, 0.4) is 0 Å². The zero-order valence-corrected chi connectivity index (χ0v) is 13.3. The first kappa shape index (κ1) is 13.5. The summed E-state index contributed by atoms with van der Waals surface area (Å²) in [6.45, 7) is 0. The summed E-state index contributed by atoms with van der Waals surface area (Å²) in [5, 5.41) is 13.4. The van der Waals surface area contributed by atoms with Crippen LogP contribution < -0.4 is 0 Å². The summed E-state index contributed by atoms with van der Waals surface area (Å²) in [5.74, 6) is 0.0151. The zero-order chi connectivity index (χ0) is 15.1. The van der Waals surface area contributed by atoms with Crippen molar-refractivity contribution in [3.05, 3.63) is 53.0 Å². The lowest BCUT2D eigenvalue weighted by Crippen LogP contribution is -1.94. The van der Waals surface area contributed by atoms with Crippen LogP contribution in [0.1, 0.15) is 0 Å². The highest BCUT2D eigenvalue weighted by Gasteiger charge is 2.17. The summed E-state index contributed by atoms with van der Waals surface area (Å²) < 4.78 is 16.4. The first-order valence-electron chi connectivity index (χ1n) is 6.30. The largest absolute Gasteiger partial charge is 0.265 e. The van der Waals surface area contributed by atoms with Crippen LogP contribution in [0, 0.1) is 5.82 Å². The van der Waals surface area contributed by atoms with Gasteiger partial charge in [-0.1, -0.05) is 27.3 Å². The summed E-state index contributed by atoms with van der Waals surface area (Å²) in [7, 11) is 0. The van der Waals surface area contributed by atoms with E-state index in [0.29, 0.717) is 16.3 Å². The van der Waals surface area contributed by atoms with Gasteiger partial charge in [0, 0.05) is 22.4 Å². The maximum absolute atomic E-state index is 14.1.